The zero-order valence-corrected chi connectivity index (χ0v) is 18.7. The summed E-state index contributed by atoms with van der Waals surface area (Å²) in [7, 11) is 1.54. The molecule has 2 fully saturated rings. The maximum absolute atomic E-state index is 13.8. The van der Waals surface area contributed by atoms with Gasteiger partial charge in [-0.3, -0.25) is 19.4 Å². The molecule has 2 saturated heterocycles. The van der Waals surface area contributed by atoms with Gasteiger partial charge in [-0.25, -0.2) is 9.29 Å². The van der Waals surface area contributed by atoms with Gasteiger partial charge in [0.1, 0.15) is 17.6 Å². The van der Waals surface area contributed by atoms with Crippen LogP contribution in [0.4, 0.5) is 10.1 Å². The fraction of sp³-hybridized carbons (Fsp3) is 0.185. The van der Waals surface area contributed by atoms with Crippen molar-refractivity contribution in [1.82, 2.24) is 5.01 Å². The van der Waals surface area contributed by atoms with Crippen LogP contribution in [0.1, 0.15) is 27.5 Å². The second kappa shape index (κ2) is 7.87. The molecule has 7 nitrogen and oxygen atoms in total. The van der Waals surface area contributed by atoms with E-state index in [1.54, 1.807) is 35.5 Å². The third kappa shape index (κ3) is 3.10. The lowest BCUT2D eigenvalue weighted by atomic mass is 9.83. The number of carbonyl (C=O) groups excluding carboxylic acids is 3. The largest absolute Gasteiger partial charge is 0.497 e. The van der Waals surface area contributed by atoms with Gasteiger partial charge >= 0.3 is 0 Å². The van der Waals surface area contributed by atoms with Gasteiger partial charge in [0, 0.05) is 5.56 Å². The van der Waals surface area contributed by atoms with Crippen LogP contribution in [-0.4, -0.2) is 42.0 Å². The minimum absolute atomic E-state index is 0.283. The number of methoxy groups -OCH3 is 1. The fourth-order valence-electron chi connectivity index (χ4n) is 5.44. The number of amides is 2. The number of hydrazone groups is 1. The number of hydrogen-bond acceptors (Lipinski definition) is 6. The number of fused-ring (bicyclic) bond motifs is 5. The number of nitrogens with zero attached hydrogens (tertiary/aromatic N) is 3. The Hall–Kier alpha value is -4.33. The highest BCUT2D eigenvalue weighted by atomic mass is 19.1. The van der Waals surface area contributed by atoms with Gasteiger partial charge in [-0.15, -0.1) is 0 Å². The van der Waals surface area contributed by atoms with E-state index in [2.05, 4.69) is 5.10 Å². The van der Waals surface area contributed by atoms with E-state index in [0.717, 1.165) is 16.0 Å². The van der Waals surface area contributed by atoms with Crippen LogP contribution in [-0.2, 0) is 9.59 Å². The molecule has 8 heteroatoms. The summed E-state index contributed by atoms with van der Waals surface area (Å²) in [5.41, 5.74) is 2.35. The number of hydrogen-bond donors (Lipinski definition) is 0. The van der Waals surface area contributed by atoms with E-state index in [0.29, 0.717) is 11.3 Å². The average molecular weight is 469 g/mol. The van der Waals surface area contributed by atoms with E-state index in [-0.39, 0.29) is 11.5 Å². The summed E-state index contributed by atoms with van der Waals surface area (Å²) in [5.74, 6) is -2.82. The number of anilines is 1. The van der Waals surface area contributed by atoms with E-state index in [4.69, 9.17) is 4.74 Å². The third-order valence-electron chi connectivity index (χ3n) is 7.02. The van der Waals surface area contributed by atoms with Gasteiger partial charge in [-0.1, -0.05) is 24.3 Å². The highest BCUT2D eigenvalue weighted by Gasteiger charge is 2.65. The predicted octanol–water partition coefficient (Wildman–Crippen LogP) is 3.60. The highest BCUT2D eigenvalue weighted by molar-refractivity contribution is 6.24. The Kier molecular flexibility index (Phi) is 4.77. The molecule has 0 unspecified atom stereocenters. The summed E-state index contributed by atoms with van der Waals surface area (Å²) in [6.45, 7) is 0. The topological polar surface area (TPSA) is 79.3 Å². The van der Waals surface area contributed by atoms with Gasteiger partial charge < -0.3 is 4.74 Å². The van der Waals surface area contributed by atoms with E-state index < -0.39 is 41.6 Å². The lowest BCUT2D eigenvalue weighted by molar-refractivity contribution is -0.124. The van der Waals surface area contributed by atoms with Crippen LogP contribution in [0.15, 0.2) is 77.9 Å². The maximum Gasteiger partial charge on any atom is 0.240 e. The number of Topliss-reactive ketones (excluding diaryl/α,β-unsaturated/α-hetero) is 1. The Morgan fingerprint density at radius 1 is 0.914 bits per heavy atom. The molecule has 2 amide bonds. The van der Waals surface area contributed by atoms with Crippen molar-refractivity contribution in [3.8, 4) is 5.75 Å². The fourth-order valence-corrected chi connectivity index (χ4v) is 5.44. The Labute approximate surface area is 200 Å². The van der Waals surface area contributed by atoms with Crippen molar-refractivity contribution in [2.45, 2.75) is 12.1 Å². The molecule has 3 aliphatic heterocycles. The first kappa shape index (κ1) is 21.2. The Balaban J connectivity index is 1.47. The standard InChI is InChI=1S/C27H20FN3O4/c1-35-19-12-6-15(7-13-19)25(32)24-22-21(23-20-5-3-2-4-16(20)14-29-31(23)24)26(33)30(27(22)34)18-10-8-17(28)9-11-18/h2-14,21-24H,1H3/t21-,22+,23+,24-/m0/s1. The number of rotatable bonds is 4. The van der Waals surface area contributed by atoms with E-state index in [1.807, 2.05) is 24.3 Å². The molecule has 0 bridgehead atoms. The van der Waals surface area contributed by atoms with Crippen molar-refractivity contribution in [1.29, 1.82) is 0 Å². The molecule has 3 aromatic rings. The Morgan fingerprint density at radius 2 is 1.60 bits per heavy atom. The summed E-state index contributed by atoms with van der Waals surface area (Å²) in [6.07, 6.45) is 1.66. The van der Waals surface area contributed by atoms with E-state index in [9.17, 15) is 18.8 Å². The minimum atomic E-state index is -0.968. The molecule has 0 saturated carbocycles. The lowest BCUT2D eigenvalue weighted by Crippen LogP contribution is -2.44. The quantitative estimate of drug-likeness (QED) is 0.431. The number of imide groups is 1. The summed E-state index contributed by atoms with van der Waals surface area (Å²) in [5, 5.41) is 6.16. The summed E-state index contributed by atoms with van der Waals surface area (Å²) in [4.78, 5) is 42.4. The third-order valence-corrected chi connectivity index (χ3v) is 7.02. The first-order valence-corrected chi connectivity index (χ1v) is 11.2. The average Bonchev–Trinajstić information content (AvgIpc) is 3.37. The summed E-state index contributed by atoms with van der Waals surface area (Å²) >= 11 is 0. The van der Waals surface area contributed by atoms with Gasteiger partial charge in [0.05, 0.1) is 36.9 Å². The molecular weight excluding hydrogens is 449 g/mol. The van der Waals surface area contributed by atoms with Crippen LogP contribution in [0.5, 0.6) is 5.75 Å². The number of carbonyl (C=O) groups is 3. The monoisotopic (exact) mass is 469 g/mol. The van der Waals surface area contributed by atoms with Gasteiger partial charge in [-0.05, 0) is 59.7 Å². The smallest absolute Gasteiger partial charge is 0.240 e. The molecule has 3 aliphatic rings. The molecule has 174 valence electrons. The second-order valence-electron chi connectivity index (χ2n) is 8.78. The first-order chi connectivity index (χ1) is 17.0. The van der Waals surface area contributed by atoms with Crippen LogP contribution in [0, 0.1) is 17.7 Å². The zero-order chi connectivity index (χ0) is 24.3. The van der Waals surface area contributed by atoms with E-state index >= 15 is 0 Å². The molecule has 0 aliphatic carbocycles. The van der Waals surface area contributed by atoms with Crippen LogP contribution >= 0.6 is 0 Å². The van der Waals surface area contributed by atoms with Crippen molar-refractivity contribution in [3.63, 3.8) is 0 Å². The van der Waals surface area contributed by atoms with Crippen LogP contribution in [0.25, 0.3) is 0 Å². The lowest BCUT2D eigenvalue weighted by Gasteiger charge is -2.33. The molecule has 0 aromatic heterocycles. The summed E-state index contributed by atoms with van der Waals surface area (Å²) < 4.78 is 18.7. The summed E-state index contributed by atoms with van der Waals surface area (Å²) in [6, 6.07) is 17.8. The van der Waals surface area contributed by atoms with Crippen molar-refractivity contribution < 1.29 is 23.5 Å². The van der Waals surface area contributed by atoms with Crippen LogP contribution in [0.3, 0.4) is 0 Å². The molecule has 3 aromatic carbocycles. The van der Waals surface area contributed by atoms with Crippen molar-refractivity contribution >= 4 is 29.5 Å². The zero-order valence-electron chi connectivity index (χ0n) is 18.7. The van der Waals surface area contributed by atoms with Crippen molar-refractivity contribution in [2.24, 2.45) is 16.9 Å². The number of halogens is 1. The van der Waals surface area contributed by atoms with Crippen molar-refractivity contribution in [2.75, 3.05) is 12.0 Å². The molecule has 6 rings (SSSR count). The van der Waals surface area contributed by atoms with Crippen LogP contribution < -0.4 is 9.64 Å². The van der Waals surface area contributed by atoms with Gasteiger partial charge in [0.15, 0.2) is 5.78 Å². The first-order valence-electron chi connectivity index (χ1n) is 11.2. The predicted molar refractivity (Wildman–Crippen MR) is 126 cm³/mol. The highest BCUT2D eigenvalue weighted by Crippen LogP contribution is 2.53. The number of benzene rings is 3. The van der Waals surface area contributed by atoms with Crippen LogP contribution in [0.2, 0.25) is 0 Å². The van der Waals surface area contributed by atoms with Crippen molar-refractivity contribution in [3.05, 3.63) is 95.3 Å². The molecule has 0 radical (unpaired) electrons. The maximum atomic E-state index is 13.8. The van der Waals surface area contributed by atoms with Gasteiger partial charge in [-0.2, -0.15) is 5.10 Å². The molecular formula is C27H20FN3O4. The number of ether oxygens (including phenoxy) is 1. The molecule has 0 N–H and O–H groups in total. The molecule has 0 spiro atoms. The SMILES string of the molecule is COc1ccc(C(=O)[C@@H]2[C@@H]3C(=O)N(c4ccc(F)cc4)C(=O)[C@@H]3[C@H]3c4ccccc4C=NN23)cc1. The van der Waals surface area contributed by atoms with Gasteiger partial charge in [0.2, 0.25) is 11.8 Å². The second-order valence-corrected chi connectivity index (χ2v) is 8.78. The molecule has 3 heterocycles. The molecule has 35 heavy (non-hydrogen) atoms. The number of ketones is 1. The Bertz CT molecular complexity index is 1390. The van der Waals surface area contributed by atoms with E-state index in [1.165, 1.54) is 31.4 Å². The molecule has 4 atom stereocenters. The normalized spacial score (nSPS) is 24.3. The Morgan fingerprint density at radius 3 is 2.31 bits per heavy atom. The minimum Gasteiger partial charge on any atom is -0.497 e. The van der Waals surface area contributed by atoms with Gasteiger partial charge in [0.25, 0.3) is 0 Å².